The highest BCUT2D eigenvalue weighted by atomic mass is 15.6. The molecule has 6 heteroatoms. The van der Waals surface area contributed by atoms with E-state index >= 15 is 0 Å². The lowest BCUT2D eigenvalue weighted by atomic mass is 10.1. The molecule has 1 aromatic rings. The lowest BCUT2D eigenvalue weighted by molar-refractivity contribution is 0.568. The monoisotopic (exact) mass is 210 g/mol. The van der Waals surface area contributed by atoms with Crippen LogP contribution in [0.15, 0.2) is 0 Å². The fourth-order valence-electron chi connectivity index (χ4n) is 2.22. The van der Waals surface area contributed by atoms with E-state index in [-0.39, 0.29) is 0 Å². The summed E-state index contributed by atoms with van der Waals surface area (Å²) in [6.07, 6.45) is 4.67. The second kappa shape index (κ2) is 4.57. The van der Waals surface area contributed by atoms with Crippen molar-refractivity contribution in [2.24, 2.45) is 12.8 Å². The third-order valence-corrected chi connectivity index (χ3v) is 2.97. The van der Waals surface area contributed by atoms with Gasteiger partial charge in [0, 0.05) is 19.6 Å². The SMILES string of the molecule is Cn1nnnc1N1CCCC1CCCN. The molecular weight excluding hydrogens is 192 g/mol. The highest BCUT2D eigenvalue weighted by molar-refractivity contribution is 5.31. The summed E-state index contributed by atoms with van der Waals surface area (Å²) >= 11 is 0. The van der Waals surface area contributed by atoms with Gasteiger partial charge in [-0.25, -0.2) is 4.68 Å². The third-order valence-electron chi connectivity index (χ3n) is 2.97. The topological polar surface area (TPSA) is 72.9 Å². The Labute approximate surface area is 89.4 Å². The predicted octanol–water partition coefficient (Wildman–Crippen LogP) is -0.0822. The molecule has 1 unspecified atom stereocenters. The molecular formula is C9H18N6. The average Bonchev–Trinajstić information content (AvgIpc) is 2.82. The molecule has 6 nitrogen and oxygen atoms in total. The molecule has 1 saturated heterocycles. The van der Waals surface area contributed by atoms with Crippen LogP contribution in [0.5, 0.6) is 0 Å². The number of hydrogen-bond acceptors (Lipinski definition) is 5. The maximum absolute atomic E-state index is 5.54. The molecule has 1 fully saturated rings. The quantitative estimate of drug-likeness (QED) is 0.752. The van der Waals surface area contributed by atoms with E-state index in [1.165, 1.54) is 12.8 Å². The second-order valence-electron chi connectivity index (χ2n) is 4.02. The Bertz CT molecular complexity index is 309. The molecule has 84 valence electrons. The molecule has 0 saturated carbocycles. The molecule has 1 aliphatic heterocycles. The van der Waals surface area contributed by atoms with Crippen LogP contribution >= 0.6 is 0 Å². The van der Waals surface area contributed by atoms with Gasteiger partial charge in [-0.1, -0.05) is 5.10 Å². The number of nitrogens with two attached hydrogens (primary N) is 1. The van der Waals surface area contributed by atoms with Crippen LogP contribution in [0.1, 0.15) is 25.7 Å². The minimum absolute atomic E-state index is 0.568. The highest BCUT2D eigenvalue weighted by Gasteiger charge is 2.27. The van der Waals surface area contributed by atoms with Crippen molar-refractivity contribution >= 4 is 5.95 Å². The summed E-state index contributed by atoms with van der Waals surface area (Å²) in [6.45, 7) is 1.82. The number of nitrogens with zero attached hydrogens (tertiary/aromatic N) is 5. The second-order valence-corrected chi connectivity index (χ2v) is 4.02. The van der Waals surface area contributed by atoms with Crippen LogP contribution < -0.4 is 10.6 Å². The normalized spacial score (nSPS) is 21.2. The lowest BCUT2D eigenvalue weighted by Crippen LogP contribution is -2.32. The molecule has 1 aliphatic rings. The maximum Gasteiger partial charge on any atom is 0.245 e. The van der Waals surface area contributed by atoms with Gasteiger partial charge < -0.3 is 10.6 Å². The van der Waals surface area contributed by atoms with Gasteiger partial charge in [0.05, 0.1) is 0 Å². The van der Waals surface area contributed by atoms with Crippen molar-refractivity contribution in [3.63, 3.8) is 0 Å². The Balaban J connectivity index is 2.04. The Morgan fingerprint density at radius 2 is 2.40 bits per heavy atom. The smallest absolute Gasteiger partial charge is 0.245 e. The lowest BCUT2D eigenvalue weighted by Gasteiger charge is -2.24. The van der Waals surface area contributed by atoms with Gasteiger partial charge in [0.2, 0.25) is 5.95 Å². The molecule has 2 N–H and O–H groups in total. The minimum Gasteiger partial charge on any atom is -0.337 e. The molecule has 0 radical (unpaired) electrons. The zero-order valence-corrected chi connectivity index (χ0v) is 9.13. The zero-order valence-electron chi connectivity index (χ0n) is 9.13. The van der Waals surface area contributed by atoms with Crippen LogP contribution in [0.4, 0.5) is 5.95 Å². The first-order chi connectivity index (χ1) is 7.33. The predicted molar refractivity (Wildman–Crippen MR) is 57.5 cm³/mol. The van der Waals surface area contributed by atoms with Gasteiger partial charge in [0.1, 0.15) is 0 Å². The first-order valence-electron chi connectivity index (χ1n) is 5.52. The molecule has 1 aromatic heterocycles. The fraction of sp³-hybridized carbons (Fsp3) is 0.889. The van der Waals surface area contributed by atoms with Crippen molar-refractivity contribution in [1.82, 2.24) is 20.2 Å². The van der Waals surface area contributed by atoms with Gasteiger partial charge in [-0.2, -0.15) is 0 Å². The van der Waals surface area contributed by atoms with E-state index in [1.807, 2.05) is 7.05 Å². The molecule has 0 bridgehead atoms. The van der Waals surface area contributed by atoms with Crippen molar-refractivity contribution in [3.05, 3.63) is 0 Å². The summed E-state index contributed by atoms with van der Waals surface area (Å²) in [5.74, 6) is 0.884. The molecule has 0 aromatic carbocycles. The largest absolute Gasteiger partial charge is 0.337 e. The molecule has 2 heterocycles. The maximum atomic E-state index is 5.54. The van der Waals surface area contributed by atoms with Gasteiger partial charge in [-0.3, -0.25) is 0 Å². The Hall–Kier alpha value is -1.17. The van der Waals surface area contributed by atoms with Crippen LogP contribution in [0, 0.1) is 0 Å². The number of anilines is 1. The summed E-state index contributed by atoms with van der Waals surface area (Å²) in [4.78, 5) is 2.30. The van der Waals surface area contributed by atoms with Crippen molar-refractivity contribution in [3.8, 4) is 0 Å². The summed E-state index contributed by atoms with van der Waals surface area (Å²) in [5, 5.41) is 11.6. The Kier molecular flexibility index (Phi) is 3.15. The van der Waals surface area contributed by atoms with Crippen LogP contribution in [0.25, 0.3) is 0 Å². The van der Waals surface area contributed by atoms with E-state index in [0.717, 1.165) is 31.9 Å². The standard InChI is InChI=1S/C9H18N6/c1-14-9(11-12-13-14)15-7-3-5-8(15)4-2-6-10/h8H,2-7,10H2,1H3. The van der Waals surface area contributed by atoms with Crippen LogP contribution in [-0.2, 0) is 7.05 Å². The van der Waals surface area contributed by atoms with E-state index in [4.69, 9.17) is 5.73 Å². The number of tetrazole rings is 1. The van der Waals surface area contributed by atoms with E-state index in [1.54, 1.807) is 4.68 Å². The van der Waals surface area contributed by atoms with E-state index < -0.39 is 0 Å². The summed E-state index contributed by atoms with van der Waals surface area (Å²) in [7, 11) is 1.88. The molecule has 15 heavy (non-hydrogen) atoms. The zero-order chi connectivity index (χ0) is 10.7. The van der Waals surface area contributed by atoms with Gasteiger partial charge in [-0.05, 0) is 42.7 Å². The number of rotatable bonds is 4. The summed E-state index contributed by atoms with van der Waals surface area (Å²) < 4.78 is 1.74. The highest BCUT2D eigenvalue weighted by Crippen LogP contribution is 2.25. The van der Waals surface area contributed by atoms with Gasteiger partial charge >= 0.3 is 0 Å². The van der Waals surface area contributed by atoms with Crippen LogP contribution in [-0.4, -0.2) is 39.3 Å². The van der Waals surface area contributed by atoms with Crippen molar-refractivity contribution in [2.75, 3.05) is 18.0 Å². The number of aromatic nitrogens is 4. The third kappa shape index (κ3) is 2.09. The minimum atomic E-state index is 0.568. The van der Waals surface area contributed by atoms with Gasteiger partial charge in [0.25, 0.3) is 0 Å². The molecule has 1 atom stereocenters. The van der Waals surface area contributed by atoms with Crippen LogP contribution in [0.3, 0.4) is 0 Å². The molecule has 0 spiro atoms. The van der Waals surface area contributed by atoms with Gasteiger partial charge in [-0.15, -0.1) is 0 Å². The van der Waals surface area contributed by atoms with Crippen LogP contribution in [0.2, 0.25) is 0 Å². The van der Waals surface area contributed by atoms with Crippen molar-refractivity contribution in [1.29, 1.82) is 0 Å². The van der Waals surface area contributed by atoms with E-state index in [2.05, 4.69) is 20.4 Å². The Morgan fingerprint density at radius 1 is 1.53 bits per heavy atom. The van der Waals surface area contributed by atoms with Gasteiger partial charge in [0.15, 0.2) is 0 Å². The molecule has 2 rings (SSSR count). The Morgan fingerprint density at radius 3 is 3.07 bits per heavy atom. The number of hydrogen-bond donors (Lipinski definition) is 1. The summed E-state index contributed by atoms with van der Waals surface area (Å²) in [5.41, 5.74) is 5.54. The van der Waals surface area contributed by atoms with Crippen molar-refractivity contribution in [2.45, 2.75) is 31.7 Å². The molecule has 0 amide bonds. The number of aryl methyl sites for hydroxylation is 1. The average molecular weight is 210 g/mol. The van der Waals surface area contributed by atoms with E-state index in [9.17, 15) is 0 Å². The first-order valence-corrected chi connectivity index (χ1v) is 5.52. The van der Waals surface area contributed by atoms with Crippen molar-refractivity contribution < 1.29 is 0 Å². The summed E-state index contributed by atoms with van der Waals surface area (Å²) in [6, 6.07) is 0.568. The fourth-order valence-corrected chi connectivity index (χ4v) is 2.22. The molecule has 0 aliphatic carbocycles. The van der Waals surface area contributed by atoms with E-state index in [0.29, 0.717) is 6.04 Å². The first kappa shape index (κ1) is 10.4.